The topological polar surface area (TPSA) is 95.1 Å². The molecular weight excluding hydrogens is 254 g/mol. The fraction of sp³-hybridized carbons (Fsp3) is 0.545. The zero-order valence-electron chi connectivity index (χ0n) is 10.4. The van der Waals surface area contributed by atoms with Crippen LogP contribution >= 0.6 is 11.8 Å². The number of aromatic amines is 1. The second kappa shape index (κ2) is 6.55. The summed E-state index contributed by atoms with van der Waals surface area (Å²) in [4.78, 5) is 28.8. The lowest BCUT2D eigenvalue weighted by Crippen LogP contribution is -2.49. The summed E-state index contributed by atoms with van der Waals surface area (Å²) in [6.45, 7) is 4.11. The highest BCUT2D eigenvalue weighted by Crippen LogP contribution is 2.18. The molecule has 1 unspecified atom stereocenters. The van der Waals surface area contributed by atoms with Gasteiger partial charge in [0.1, 0.15) is 5.54 Å². The van der Waals surface area contributed by atoms with Gasteiger partial charge in [0, 0.05) is 18.0 Å². The summed E-state index contributed by atoms with van der Waals surface area (Å²) in [6.07, 6.45) is 1.88. The van der Waals surface area contributed by atoms with Gasteiger partial charge in [-0.25, -0.2) is 4.98 Å². The largest absolute Gasteiger partial charge is 0.480 e. The van der Waals surface area contributed by atoms with E-state index < -0.39 is 11.5 Å². The van der Waals surface area contributed by atoms with Gasteiger partial charge in [-0.3, -0.25) is 9.59 Å². The molecule has 7 heteroatoms. The van der Waals surface area contributed by atoms with E-state index in [1.165, 1.54) is 24.0 Å². The molecule has 6 nitrogen and oxygen atoms in total. The molecule has 0 aromatic carbocycles. The Kier molecular flexibility index (Phi) is 5.36. The summed E-state index contributed by atoms with van der Waals surface area (Å²) in [5.41, 5.74) is -1.16. The van der Waals surface area contributed by atoms with Gasteiger partial charge in [0.15, 0.2) is 5.16 Å². The number of aliphatic carboxylic acids is 1. The molecule has 0 amide bonds. The molecule has 0 aliphatic carbocycles. The number of H-pyrrole nitrogens is 1. The molecule has 0 radical (unpaired) electrons. The van der Waals surface area contributed by atoms with Gasteiger partial charge in [-0.2, -0.15) is 0 Å². The van der Waals surface area contributed by atoms with Crippen molar-refractivity contribution < 1.29 is 9.90 Å². The Morgan fingerprint density at radius 3 is 2.94 bits per heavy atom. The summed E-state index contributed by atoms with van der Waals surface area (Å²) in [5, 5.41) is 12.6. The van der Waals surface area contributed by atoms with E-state index in [-0.39, 0.29) is 5.56 Å². The third kappa shape index (κ3) is 4.15. The maximum Gasteiger partial charge on any atom is 0.323 e. The number of thioether (sulfide) groups is 1. The first-order chi connectivity index (χ1) is 8.48. The summed E-state index contributed by atoms with van der Waals surface area (Å²) >= 11 is 1.33. The molecule has 3 N–H and O–H groups in total. The second-order valence-corrected chi connectivity index (χ2v) is 5.09. The summed E-state index contributed by atoms with van der Waals surface area (Å²) < 4.78 is 0. The first-order valence-electron chi connectivity index (χ1n) is 5.64. The van der Waals surface area contributed by atoms with Gasteiger partial charge >= 0.3 is 5.97 Å². The molecule has 1 aromatic rings. The number of nitrogens with one attached hydrogen (secondary N) is 2. The van der Waals surface area contributed by atoms with Crippen LogP contribution in [0.4, 0.5) is 0 Å². The molecular formula is C11H17N3O3S. The number of nitrogens with zero attached hydrogens (tertiary/aromatic N) is 1. The van der Waals surface area contributed by atoms with Crippen LogP contribution in [0.5, 0.6) is 0 Å². The lowest BCUT2D eigenvalue weighted by atomic mass is 9.99. The molecule has 1 rings (SSSR count). The highest BCUT2D eigenvalue weighted by Gasteiger charge is 2.31. The third-order valence-corrected chi connectivity index (χ3v) is 3.42. The van der Waals surface area contributed by atoms with Crippen molar-refractivity contribution in [2.24, 2.45) is 0 Å². The number of carboxylic acid groups (broad SMARTS) is 1. The zero-order chi connectivity index (χ0) is 13.6. The van der Waals surface area contributed by atoms with Gasteiger partial charge < -0.3 is 15.4 Å². The molecule has 0 saturated heterocycles. The molecule has 0 fully saturated rings. The van der Waals surface area contributed by atoms with Crippen molar-refractivity contribution in [3.05, 3.63) is 22.6 Å². The highest BCUT2D eigenvalue weighted by molar-refractivity contribution is 7.99. The van der Waals surface area contributed by atoms with Gasteiger partial charge in [-0.1, -0.05) is 18.7 Å². The average Bonchev–Trinajstić information content (AvgIpc) is 2.29. The Labute approximate surface area is 109 Å². The fourth-order valence-corrected chi connectivity index (χ4v) is 2.45. The van der Waals surface area contributed by atoms with Crippen LogP contribution < -0.4 is 10.9 Å². The van der Waals surface area contributed by atoms with Gasteiger partial charge in [0.25, 0.3) is 5.56 Å². The van der Waals surface area contributed by atoms with Crippen LogP contribution in [0.25, 0.3) is 0 Å². The molecule has 0 saturated carbocycles. The number of rotatable bonds is 7. The van der Waals surface area contributed by atoms with E-state index in [9.17, 15) is 9.59 Å². The molecule has 0 aliphatic heterocycles. The van der Waals surface area contributed by atoms with Crippen molar-refractivity contribution in [2.75, 3.05) is 12.3 Å². The number of carbonyl (C=O) groups is 1. The summed E-state index contributed by atoms with van der Waals surface area (Å²) in [7, 11) is 0. The molecule has 1 heterocycles. The molecule has 0 bridgehead atoms. The van der Waals surface area contributed by atoms with E-state index >= 15 is 0 Å². The van der Waals surface area contributed by atoms with Crippen LogP contribution in [0.2, 0.25) is 0 Å². The molecule has 18 heavy (non-hydrogen) atoms. The Morgan fingerprint density at radius 2 is 2.39 bits per heavy atom. The van der Waals surface area contributed by atoms with Crippen LogP contribution in [0.15, 0.2) is 22.2 Å². The van der Waals surface area contributed by atoms with Crippen LogP contribution in [-0.4, -0.2) is 38.9 Å². The normalized spacial score (nSPS) is 14.1. The van der Waals surface area contributed by atoms with Crippen LogP contribution in [0.3, 0.4) is 0 Å². The van der Waals surface area contributed by atoms with Crippen LogP contribution in [0, 0.1) is 0 Å². The van der Waals surface area contributed by atoms with E-state index in [0.717, 1.165) is 0 Å². The summed E-state index contributed by atoms with van der Waals surface area (Å²) in [5.74, 6) is -0.317. The Bertz CT molecular complexity index is 463. The molecule has 1 atom stereocenters. The monoisotopic (exact) mass is 271 g/mol. The Morgan fingerprint density at radius 1 is 1.67 bits per heavy atom. The van der Waals surface area contributed by atoms with E-state index in [1.54, 1.807) is 6.92 Å². The Balaban J connectivity index is 2.54. The van der Waals surface area contributed by atoms with Gasteiger partial charge in [-0.15, -0.1) is 0 Å². The number of aromatic nitrogens is 2. The zero-order valence-corrected chi connectivity index (χ0v) is 11.2. The lowest BCUT2D eigenvalue weighted by Gasteiger charge is -2.25. The number of likely N-dealkylation sites (N-methyl/N-ethyl adjacent to an activating group) is 1. The van der Waals surface area contributed by atoms with Gasteiger partial charge in [0.2, 0.25) is 0 Å². The number of hydrogen-bond donors (Lipinski definition) is 3. The minimum Gasteiger partial charge on any atom is -0.480 e. The third-order valence-electron chi connectivity index (χ3n) is 2.53. The quantitative estimate of drug-likeness (QED) is 0.499. The van der Waals surface area contributed by atoms with Crippen molar-refractivity contribution in [1.82, 2.24) is 15.3 Å². The number of carboxylic acids is 1. The van der Waals surface area contributed by atoms with Crippen molar-refractivity contribution >= 4 is 17.7 Å². The van der Waals surface area contributed by atoms with Crippen LogP contribution in [0.1, 0.15) is 20.3 Å². The first-order valence-corrected chi connectivity index (χ1v) is 6.63. The van der Waals surface area contributed by atoms with Crippen molar-refractivity contribution in [3.63, 3.8) is 0 Å². The highest BCUT2D eigenvalue weighted by atomic mass is 32.2. The first kappa shape index (κ1) is 14.7. The predicted molar refractivity (Wildman–Crippen MR) is 69.9 cm³/mol. The maximum absolute atomic E-state index is 11.2. The van der Waals surface area contributed by atoms with Gasteiger partial charge in [-0.05, 0) is 19.9 Å². The standard InChI is InChI=1S/C11H17N3O3S/c1-3-13-11(2,9(16)17)5-7-18-10-12-6-4-8(15)14-10/h4,6,13H,3,5,7H2,1-2H3,(H,16,17)(H,12,14,15). The Hall–Kier alpha value is -1.34. The molecule has 0 aliphatic rings. The SMILES string of the molecule is CCNC(C)(CCSc1nccc(=O)[nH]1)C(=O)O. The summed E-state index contributed by atoms with van der Waals surface area (Å²) in [6, 6.07) is 1.34. The van der Waals surface area contributed by atoms with E-state index in [2.05, 4.69) is 15.3 Å². The smallest absolute Gasteiger partial charge is 0.323 e. The fourth-order valence-electron chi connectivity index (χ4n) is 1.44. The average molecular weight is 271 g/mol. The van der Waals surface area contributed by atoms with Gasteiger partial charge in [0.05, 0.1) is 0 Å². The van der Waals surface area contributed by atoms with Crippen molar-refractivity contribution in [2.45, 2.75) is 31.0 Å². The molecule has 0 spiro atoms. The van der Waals surface area contributed by atoms with Crippen LogP contribution in [-0.2, 0) is 4.79 Å². The minimum absolute atomic E-state index is 0.208. The van der Waals surface area contributed by atoms with Crippen molar-refractivity contribution in [1.29, 1.82) is 0 Å². The number of hydrogen-bond acceptors (Lipinski definition) is 5. The molecule has 100 valence electrons. The maximum atomic E-state index is 11.2. The second-order valence-electron chi connectivity index (χ2n) is 4.01. The molecule has 1 aromatic heterocycles. The predicted octanol–water partition coefficient (Wildman–Crippen LogP) is 0.705. The minimum atomic E-state index is -0.948. The van der Waals surface area contributed by atoms with E-state index in [0.29, 0.717) is 23.9 Å². The lowest BCUT2D eigenvalue weighted by molar-refractivity contribution is -0.144. The van der Waals surface area contributed by atoms with E-state index in [1.807, 2.05) is 6.92 Å². The van der Waals surface area contributed by atoms with E-state index in [4.69, 9.17) is 5.11 Å². The van der Waals surface area contributed by atoms with Crippen molar-refractivity contribution in [3.8, 4) is 0 Å².